The van der Waals surface area contributed by atoms with Crippen molar-refractivity contribution in [1.29, 1.82) is 0 Å². The average molecular weight is 464 g/mol. The van der Waals surface area contributed by atoms with Crippen molar-refractivity contribution in [3.63, 3.8) is 0 Å². The van der Waals surface area contributed by atoms with Gasteiger partial charge in [-0.3, -0.25) is 19.5 Å². The van der Waals surface area contributed by atoms with Gasteiger partial charge in [0.05, 0.1) is 13.2 Å². The van der Waals surface area contributed by atoms with Gasteiger partial charge in [0.1, 0.15) is 11.6 Å². The molecule has 180 valence electrons. The van der Waals surface area contributed by atoms with E-state index in [0.717, 1.165) is 30.0 Å². The van der Waals surface area contributed by atoms with E-state index in [-0.39, 0.29) is 23.9 Å². The maximum Gasteiger partial charge on any atom is 0.254 e. The van der Waals surface area contributed by atoms with E-state index in [1.165, 1.54) is 0 Å². The zero-order chi connectivity index (χ0) is 24.5. The van der Waals surface area contributed by atoms with Gasteiger partial charge in [0.2, 0.25) is 5.91 Å². The molecule has 8 heteroatoms. The molecule has 2 heterocycles. The van der Waals surface area contributed by atoms with Gasteiger partial charge in [-0.1, -0.05) is 26.0 Å². The molecule has 0 aliphatic heterocycles. The maximum absolute atomic E-state index is 12.7. The Labute approximate surface area is 200 Å². The summed E-state index contributed by atoms with van der Waals surface area (Å²) in [6.07, 6.45) is 3.84. The first-order chi connectivity index (χ1) is 16.5. The minimum absolute atomic E-state index is 0.0282. The quantitative estimate of drug-likeness (QED) is 0.453. The molecule has 1 unspecified atom stereocenters. The number of ether oxygens (including phenoxy) is 1. The molecule has 1 atom stereocenters. The molecule has 0 fully saturated rings. The Balaban J connectivity index is 1.66. The first-order valence-corrected chi connectivity index (χ1v) is 11.6. The fourth-order valence-corrected chi connectivity index (χ4v) is 4.06. The predicted molar refractivity (Wildman–Crippen MR) is 133 cm³/mol. The Morgan fingerprint density at radius 2 is 1.91 bits per heavy atom. The van der Waals surface area contributed by atoms with Gasteiger partial charge in [0.15, 0.2) is 0 Å². The molecule has 0 saturated carbocycles. The topological polar surface area (TPSA) is 100 Å². The molecule has 2 aromatic heterocycles. The second kappa shape index (κ2) is 12.1. The molecule has 0 bridgehead atoms. The smallest absolute Gasteiger partial charge is 0.254 e. The van der Waals surface area contributed by atoms with E-state index in [9.17, 15) is 9.59 Å². The number of nitrogens with one attached hydrogen (secondary N) is 2. The van der Waals surface area contributed by atoms with Crippen LogP contribution in [0.5, 0.6) is 5.75 Å². The number of pyridine rings is 1. The molecule has 2 N–H and O–H groups in total. The minimum atomic E-state index is -0.218. The van der Waals surface area contributed by atoms with Crippen molar-refractivity contribution in [2.24, 2.45) is 0 Å². The van der Waals surface area contributed by atoms with Gasteiger partial charge in [-0.15, -0.1) is 0 Å². The molecule has 0 spiro atoms. The summed E-state index contributed by atoms with van der Waals surface area (Å²) < 4.78 is 5.38. The molecule has 0 saturated heterocycles. The van der Waals surface area contributed by atoms with E-state index >= 15 is 0 Å². The average Bonchev–Trinajstić information content (AvgIpc) is 2.86. The summed E-state index contributed by atoms with van der Waals surface area (Å²) in [7, 11) is 1.65. The van der Waals surface area contributed by atoms with Crippen LogP contribution in [0, 0.1) is 6.92 Å². The lowest BCUT2D eigenvalue weighted by atomic mass is 10.0. The van der Waals surface area contributed by atoms with Crippen LogP contribution < -0.4 is 15.6 Å². The van der Waals surface area contributed by atoms with Crippen LogP contribution >= 0.6 is 0 Å². The molecule has 0 radical (unpaired) electrons. The zero-order valence-corrected chi connectivity index (χ0v) is 20.3. The van der Waals surface area contributed by atoms with Gasteiger partial charge in [-0.25, -0.2) is 4.98 Å². The van der Waals surface area contributed by atoms with Crippen LogP contribution in [0.25, 0.3) is 11.4 Å². The first kappa shape index (κ1) is 25.1. The van der Waals surface area contributed by atoms with Gasteiger partial charge in [-0.2, -0.15) is 0 Å². The molecular weight excluding hydrogens is 430 g/mol. The molecule has 8 nitrogen and oxygen atoms in total. The van der Waals surface area contributed by atoms with E-state index in [1.54, 1.807) is 38.6 Å². The van der Waals surface area contributed by atoms with Crippen molar-refractivity contribution >= 4 is 5.91 Å². The first-order valence-electron chi connectivity index (χ1n) is 11.6. The predicted octanol–water partition coefficient (Wildman–Crippen LogP) is 3.28. The van der Waals surface area contributed by atoms with Gasteiger partial charge in [0.25, 0.3) is 5.56 Å². The Bertz CT molecular complexity index is 1140. The summed E-state index contributed by atoms with van der Waals surface area (Å²) >= 11 is 0. The summed E-state index contributed by atoms with van der Waals surface area (Å²) in [5, 5.41) is 3.05. The maximum atomic E-state index is 12.7. The second-order valence-electron chi connectivity index (χ2n) is 8.03. The highest BCUT2D eigenvalue weighted by Crippen LogP contribution is 2.24. The summed E-state index contributed by atoms with van der Waals surface area (Å²) in [4.78, 5) is 39.0. The molecular formula is C26H33N5O3. The van der Waals surface area contributed by atoms with E-state index in [2.05, 4.69) is 45.1 Å². The van der Waals surface area contributed by atoms with Crippen LogP contribution in [0.15, 0.2) is 53.6 Å². The van der Waals surface area contributed by atoms with Crippen molar-refractivity contribution in [2.45, 2.75) is 39.7 Å². The third-order valence-electron chi connectivity index (χ3n) is 6.00. The monoisotopic (exact) mass is 463 g/mol. The van der Waals surface area contributed by atoms with Crippen molar-refractivity contribution in [3.8, 4) is 17.1 Å². The van der Waals surface area contributed by atoms with Gasteiger partial charge in [0, 0.05) is 42.2 Å². The Kier molecular flexibility index (Phi) is 8.93. The van der Waals surface area contributed by atoms with Crippen molar-refractivity contribution in [3.05, 3.63) is 76.0 Å². The van der Waals surface area contributed by atoms with Crippen LogP contribution in [0.2, 0.25) is 0 Å². The second-order valence-corrected chi connectivity index (χ2v) is 8.03. The van der Waals surface area contributed by atoms with Crippen molar-refractivity contribution in [1.82, 2.24) is 25.2 Å². The molecule has 34 heavy (non-hydrogen) atoms. The van der Waals surface area contributed by atoms with Gasteiger partial charge >= 0.3 is 0 Å². The number of aromatic amines is 1. The van der Waals surface area contributed by atoms with Crippen LogP contribution in [0.3, 0.4) is 0 Å². The van der Waals surface area contributed by atoms with Crippen molar-refractivity contribution in [2.75, 3.05) is 26.7 Å². The van der Waals surface area contributed by atoms with Gasteiger partial charge in [-0.05, 0) is 56.3 Å². The number of aryl methyl sites for hydroxylation is 1. The third kappa shape index (κ3) is 6.29. The standard InChI is InChI=1S/C26H33N5O3/c1-5-31(6-2)23(20-8-7-9-21(16-20)34-4)17-28-24(32)11-10-22-18(3)29-25(30-26(22)33)19-12-14-27-15-13-19/h7-9,12-16,23H,5-6,10-11,17H2,1-4H3,(H,28,32)(H,29,30,33). The van der Waals surface area contributed by atoms with Crippen LogP contribution in [-0.4, -0.2) is 52.5 Å². The lowest BCUT2D eigenvalue weighted by Gasteiger charge is -2.30. The number of hydrogen-bond acceptors (Lipinski definition) is 6. The van der Waals surface area contributed by atoms with Gasteiger partial charge < -0.3 is 15.0 Å². The number of nitrogens with zero attached hydrogens (tertiary/aromatic N) is 3. The number of amides is 1. The fraction of sp³-hybridized carbons (Fsp3) is 0.385. The third-order valence-corrected chi connectivity index (χ3v) is 6.00. The number of aromatic nitrogens is 3. The van der Waals surface area contributed by atoms with Crippen LogP contribution in [0.1, 0.15) is 43.1 Å². The molecule has 0 aliphatic rings. The Morgan fingerprint density at radius 1 is 1.18 bits per heavy atom. The highest BCUT2D eigenvalue weighted by Gasteiger charge is 2.20. The summed E-state index contributed by atoms with van der Waals surface area (Å²) in [5.74, 6) is 1.19. The zero-order valence-electron chi connectivity index (χ0n) is 20.3. The summed E-state index contributed by atoms with van der Waals surface area (Å²) in [5.41, 5.74) is 2.82. The highest BCUT2D eigenvalue weighted by atomic mass is 16.5. The SMILES string of the molecule is CCN(CC)C(CNC(=O)CCc1c(C)nc(-c2ccncc2)[nH]c1=O)c1cccc(OC)c1. The number of likely N-dealkylation sites (N-methyl/N-ethyl adjacent to an activating group) is 1. The largest absolute Gasteiger partial charge is 0.497 e. The van der Waals surface area contributed by atoms with E-state index < -0.39 is 0 Å². The summed E-state index contributed by atoms with van der Waals surface area (Å²) in [6.45, 7) is 8.21. The number of benzene rings is 1. The van der Waals surface area contributed by atoms with Crippen LogP contribution in [-0.2, 0) is 11.2 Å². The lowest BCUT2D eigenvalue weighted by molar-refractivity contribution is -0.121. The Morgan fingerprint density at radius 3 is 2.56 bits per heavy atom. The molecule has 0 aliphatic carbocycles. The number of rotatable bonds is 11. The number of hydrogen-bond donors (Lipinski definition) is 2. The van der Waals surface area contributed by atoms with Crippen LogP contribution in [0.4, 0.5) is 0 Å². The summed E-state index contributed by atoms with van der Waals surface area (Å²) in [6, 6.07) is 11.5. The number of carbonyl (C=O) groups is 1. The number of H-pyrrole nitrogens is 1. The molecule has 3 rings (SSSR count). The van der Waals surface area contributed by atoms with E-state index in [1.807, 2.05) is 18.2 Å². The normalized spacial score (nSPS) is 11.9. The molecule has 1 aromatic carbocycles. The number of carbonyl (C=O) groups excluding carboxylic acids is 1. The molecule has 3 aromatic rings. The highest BCUT2D eigenvalue weighted by molar-refractivity contribution is 5.76. The lowest BCUT2D eigenvalue weighted by Crippen LogP contribution is -2.38. The van der Waals surface area contributed by atoms with E-state index in [0.29, 0.717) is 30.0 Å². The number of methoxy groups -OCH3 is 1. The fourth-order valence-electron chi connectivity index (χ4n) is 4.06. The Hall–Kier alpha value is -3.52. The minimum Gasteiger partial charge on any atom is -0.497 e. The molecule has 1 amide bonds. The van der Waals surface area contributed by atoms with E-state index in [4.69, 9.17) is 4.74 Å². The van der Waals surface area contributed by atoms with Crippen molar-refractivity contribution < 1.29 is 9.53 Å².